The van der Waals surface area contributed by atoms with Gasteiger partial charge in [-0.3, -0.25) is 0 Å². The van der Waals surface area contributed by atoms with Gasteiger partial charge in [0.2, 0.25) is 0 Å². The van der Waals surface area contributed by atoms with Gasteiger partial charge in [-0.1, -0.05) is 28.1 Å². The van der Waals surface area contributed by atoms with E-state index in [9.17, 15) is 4.39 Å². The van der Waals surface area contributed by atoms with E-state index in [1.165, 1.54) is 6.07 Å². The van der Waals surface area contributed by atoms with Crippen LogP contribution >= 0.6 is 31.9 Å². The van der Waals surface area contributed by atoms with Crippen LogP contribution in [0.4, 0.5) is 4.39 Å². The standard InChI is InChI=1S/C14H11Br2FO/c1-9-7-11(5-6-12(9)15)18-8-10-3-2-4-13(17)14(10)16/h2-7H,8H2,1H3. The lowest BCUT2D eigenvalue weighted by Gasteiger charge is -2.09. The van der Waals surface area contributed by atoms with Crippen LogP contribution in [0.15, 0.2) is 45.3 Å². The van der Waals surface area contributed by atoms with E-state index < -0.39 is 0 Å². The summed E-state index contributed by atoms with van der Waals surface area (Å²) in [4.78, 5) is 0. The van der Waals surface area contributed by atoms with E-state index in [0.29, 0.717) is 11.1 Å². The molecule has 2 aromatic carbocycles. The Morgan fingerprint density at radius 2 is 1.94 bits per heavy atom. The highest BCUT2D eigenvalue weighted by atomic mass is 79.9. The van der Waals surface area contributed by atoms with Crippen molar-refractivity contribution in [1.29, 1.82) is 0 Å². The first kappa shape index (κ1) is 13.6. The minimum absolute atomic E-state index is 0.275. The molecule has 0 aliphatic rings. The smallest absolute Gasteiger partial charge is 0.137 e. The molecule has 0 N–H and O–H groups in total. The molecule has 0 spiro atoms. The van der Waals surface area contributed by atoms with Crippen LogP contribution < -0.4 is 4.74 Å². The van der Waals surface area contributed by atoms with E-state index in [2.05, 4.69) is 31.9 Å². The summed E-state index contributed by atoms with van der Waals surface area (Å²) in [7, 11) is 0. The zero-order valence-corrected chi connectivity index (χ0v) is 12.9. The zero-order chi connectivity index (χ0) is 13.1. The summed E-state index contributed by atoms with van der Waals surface area (Å²) >= 11 is 6.65. The van der Waals surface area contributed by atoms with Crippen LogP contribution in [-0.2, 0) is 6.61 Å². The molecule has 0 bridgehead atoms. The molecular formula is C14H11Br2FO. The third-order valence-corrected chi connectivity index (χ3v) is 4.33. The van der Waals surface area contributed by atoms with Crippen molar-refractivity contribution < 1.29 is 9.13 Å². The summed E-state index contributed by atoms with van der Waals surface area (Å²) in [6, 6.07) is 10.7. The molecule has 0 atom stereocenters. The largest absolute Gasteiger partial charge is 0.489 e. The fraction of sp³-hybridized carbons (Fsp3) is 0.143. The van der Waals surface area contributed by atoms with Gasteiger partial charge in [0.1, 0.15) is 18.2 Å². The molecule has 94 valence electrons. The number of hydrogen-bond acceptors (Lipinski definition) is 1. The fourth-order valence-electron chi connectivity index (χ4n) is 1.53. The molecule has 0 radical (unpaired) electrons. The normalized spacial score (nSPS) is 10.4. The van der Waals surface area contributed by atoms with Crippen LogP contribution in [0.3, 0.4) is 0 Å². The van der Waals surface area contributed by atoms with E-state index in [4.69, 9.17) is 4.74 Å². The molecule has 0 aromatic heterocycles. The lowest BCUT2D eigenvalue weighted by molar-refractivity contribution is 0.304. The Labute approximate surface area is 122 Å². The van der Waals surface area contributed by atoms with Crippen molar-refractivity contribution in [3.8, 4) is 5.75 Å². The molecule has 2 aromatic rings. The maximum absolute atomic E-state index is 13.3. The number of rotatable bonds is 3. The highest BCUT2D eigenvalue weighted by Gasteiger charge is 2.06. The van der Waals surface area contributed by atoms with Crippen molar-refractivity contribution in [3.05, 3.63) is 62.3 Å². The summed E-state index contributed by atoms with van der Waals surface area (Å²) in [5, 5.41) is 0. The van der Waals surface area contributed by atoms with Gasteiger partial charge in [-0.25, -0.2) is 4.39 Å². The van der Waals surface area contributed by atoms with Crippen molar-refractivity contribution in [2.45, 2.75) is 13.5 Å². The lowest BCUT2D eigenvalue weighted by atomic mass is 10.2. The highest BCUT2D eigenvalue weighted by Crippen LogP contribution is 2.25. The topological polar surface area (TPSA) is 9.23 Å². The van der Waals surface area contributed by atoms with Crippen LogP contribution in [0.25, 0.3) is 0 Å². The Bertz CT molecular complexity index is 570. The fourth-order valence-corrected chi connectivity index (χ4v) is 2.15. The summed E-state index contributed by atoms with van der Waals surface area (Å²) in [6.07, 6.45) is 0. The summed E-state index contributed by atoms with van der Waals surface area (Å²) in [5.74, 6) is 0.495. The summed E-state index contributed by atoms with van der Waals surface area (Å²) in [5.41, 5.74) is 1.89. The van der Waals surface area contributed by atoms with Crippen molar-refractivity contribution >= 4 is 31.9 Å². The zero-order valence-electron chi connectivity index (χ0n) is 9.71. The molecule has 0 unspecified atom stereocenters. The van der Waals surface area contributed by atoms with Gasteiger partial charge in [-0.05, 0) is 52.7 Å². The highest BCUT2D eigenvalue weighted by molar-refractivity contribution is 9.10. The van der Waals surface area contributed by atoms with Crippen molar-refractivity contribution in [3.63, 3.8) is 0 Å². The van der Waals surface area contributed by atoms with Crippen LogP contribution in [-0.4, -0.2) is 0 Å². The van der Waals surface area contributed by atoms with Crippen LogP contribution in [0.5, 0.6) is 5.75 Å². The van der Waals surface area contributed by atoms with Gasteiger partial charge in [0.05, 0.1) is 4.47 Å². The monoisotopic (exact) mass is 372 g/mol. The van der Waals surface area contributed by atoms with Gasteiger partial charge < -0.3 is 4.74 Å². The van der Waals surface area contributed by atoms with Gasteiger partial charge in [-0.15, -0.1) is 0 Å². The Hall–Kier alpha value is -0.870. The molecule has 0 amide bonds. The minimum Gasteiger partial charge on any atom is -0.489 e. The first-order valence-electron chi connectivity index (χ1n) is 5.40. The molecular weight excluding hydrogens is 363 g/mol. The van der Waals surface area contributed by atoms with E-state index in [1.807, 2.05) is 31.2 Å². The van der Waals surface area contributed by atoms with Crippen LogP contribution in [0.2, 0.25) is 0 Å². The number of benzene rings is 2. The minimum atomic E-state index is -0.275. The predicted octanol–water partition coefficient (Wildman–Crippen LogP) is 5.24. The quantitative estimate of drug-likeness (QED) is 0.714. The van der Waals surface area contributed by atoms with E-state index >= 15 is 0 Å². The molecule has 0 saturated carbocycles. The first-order chi connectivity index (χ1) is 8.58. The van der Waals surface area contributed by atoms with Gasteiger partial charge in [0, 0.05) is 10.0 Å². The van der Waals surface area contributed by atoms with Gasteiger partial charge in [-0.2, -0.15) is 0 Å². The van der Waals surface area contributed by atoms with Crippen molar-refractivity contribution in [2.24, 2.45) is 0 Å². The van der Waals surface area contributed by atoms with Gasteiger partial charge >= 0.3 is 0 Å². The Morgan fingerprint density at radius 1 is 1.17 bits per heavy atom. The Balaban J connectivity index is 2.11. The lowest BCUT2D eigenvalue weighted by Crippen LogP contribution is -1.98. The van der Waals surface area contributed by atoms with Gasteiger partial charge in [0.25, 0.3) is 0 Å². The number of halogens is 3. The van der Waals surface area contributed by atoms with Crippen molar-refractivity contribution in [1.82, 2.24) is 0 Å². The molecule has 0 heterocycles. The number of hydrogen-bond donors (Lipinski definition) is 0. The molecule has 0 aliphatic heterocycles. The first-order valence-corrected chi connectivity index (χ1v) is 6.98. The third-order valence-electron chi connectivity index (χ3n) is 2.56. The Morgan fingerprint density at radius 3 is 2.67 bits per heavy atom. The molecule has 1 nitrogen and oxygen atoms in total. The van der Waals surface area contributed by atoms with E-state index in [-0.39, 0.29) is 5.82 Å². The van der Waals surface area contributed by atoms with Crippen molar-refractivity contribution in [2.75, 3.05) is 0 Å². The molecule has 18 heavy (non-hydrogen) atoms. The molecule has 4 heteroatoms. The van der Waals surface area contributed by atoms with Crippen LogP contribution in [0, 0.1) is 12.7 Å². The average Bonchev–Trinajstić information content (AvgIpc) is 2.35. The number of ether oxygens (including phenoxy) is 1. The summed E-state index contributed by atoms with van der Waals surface area (Å²) < 4.78 is 20.5. The third kappa shape index (κ3) is 3.12. The summed E-state index contributed by atoms with van der Waals surface area (Å²) in [6.45, 7) is 2.33. The number of aryl methyl sites for hydroxylation is 1. The molecule has 0 saturated heterocycles. The predicted molar refractivity (Wildman–Crippen MR) is 77.3 cm³/mol. The SMILES string of the molecule is Cc1cc(OCc2cccc(F)c2Br)ccc1Br. The second-order valence-corrected chi connectivity index (χ2v) is 5.56. The van der Waals surface area contributed by atoms with E-state index in [1.54, 1.807) is 6.07 Å². The average molecular weight is 374 g/mol. The second-order valence-electron chi connectivity index (χ2n) is 3.91. The maximum Gasteiger partial charge on any atom is 0.137 e. The second kappa shape index (κ2) is 5.85. The van der Waals surface area contributed by atoms with E-state index in [0.717, 1.165) is 21.3 Å². The van der Waals surface area contributed by atoms with Crippen LogP contribution in [0.1, 0.15) is 11.1 Å². The molecule has 2 rings (SSSR count). The molecule has 0 fully saturated rings. The van der Waals surface area contributed by atoms with Gasteiger partial charge in [0.15, 0.2) is 0 Å². The Kier molecular flexibility index (Phi) is 4.40. The molecule has 0 aliphatic carbocycles. The maximum atomic E-state index is 13.3.